The molecule has 1 atom stereocenters. The molecule has 3 nitrogen and oxygen atoms in total. The van der Waals surface area contributed by atoms with Crippen molar-refractivity contribution in [1.82, 2.24) is 4.90 Å². The first kappa shape index (κ1) is 10.2. The first-order chi connectivity index (χ1) is 6.04. The van der Waals surface area contributed by atoms with Crippen LogP contribution in [-0.2, 0) is 9.59 Å². The van der Waals surface area contributed by atoms with Crippen LogP contribution in [0.2, 0.25) is 0 Å². The number of ketones is 1. The molecule has 0 aliphatic carbocycles. The zero-order valence-corrected chi connectivity index (χ0v) is 8.54. The Bertz CT molecular complexity index is 223. The van der Waals surface area contributed by atoms with E-state index in [-0.39, 0.29) is 23.7 Å². The number of hydrogen-bond donors (Lipinski definition) is 0. The quantitative estimate of drug-likeness (QED) is 0.604. The summed E-state index contributed by atoms with van der Waals surface area (Å²) in [5.41, 5.74) is 0. The lowest BCUT2D eigenvalue weighted by molar-refractivity contribution is -0.145. The van der Waals surface area contributed by atoms with Crippen LogP contribution in [-0.4, -0.2) is 29.2 Å². The maximum absolute atomic E-state index is 11.7. The van der Waals surface area contributed by atoms with E-state index >= 15 is 0 Å². The molecule has 1 rings (SSSR count). The average molecular weight is 183 g/mol. The fourth-order valence-electron chi connectivity index (χ4n) is 1.79. The molecule has 0 aromatic rings. The standard InChI is InChI=1S/C10H17NO2/c1-7(2)11-6-4-5-9(8(3)12)10(11)13/h7,9H,4-6H2,1-3H3. The third-order valence-electron chi connectivity index (χ3n) is 2.59. The molecule has 0 spiro atoms. The molecular formula is C10H17NO2. The fraction of sp³-hybridized carbons (Fsp3) is 0.800. The number of piperidine rings is 1. The van der Waals surface area contributed by atoms with Crippen molar-refractivity contribution >= 4 is 11.7 Å². The molecule has 0 aromatic heterocycles. The molecule has 0 aromatic carbocycles. The Labute approximate surface area is 79.1 Å². The van der Waals surface area contributed by atoms with Crippen molar-refractivity contribution in [3.05, 3.63) is 0 Å². The van der Waals surface area contributed by atoms with Gasteiger partial charge in [-0.1, -0.05) is 0 Å². The molecular weight excluding hydrogens is 166 g/mol. The van der Waals surface area contributed by atoms with Gasteiger partial charge in [0.15, 0.2) is 0 Å². The largest absolute Gasteiger partial charge is 0.340 e. The van der Waals surface area contributed by atoms with Crippen molar-refractivity contribution in [2.75, 3.05) is 6.54 Å². The van der Waals surface area contributed by atoms with Gasteiger partial charge in [0, 0.05) is 12.6 Å². The highest BCUT2D eigenvalue weighted by Crippen LogP contribution is 2.20. The van der Waals surface area contributed by atoms with E-state index in [0.29, 0.717) is 0 Å². The van der Waals surface area contributed by atoms with E-state index in [1.807, 2.05) is 13.8 Å². The number of Topliss-reactive ketones (excluding diaryl/α,β-unsaturated/α-hetero) is 1. The Balaban J connectivity index is 2.72. The lowest BCUT2D eigenvalue weighted by Crippen LogP contribution is -2.46. The number of likely N-dealkylation sites (tertiary alicyclic amines) is 1. The van der Waals surface area contributed by atoms with Crippen LogP contribution >= 0.6 is 0 Å². The summed E-state index contributed by atoms with van der Waals surface area (Å²) < 4.78 is 0. The third kappa shape index (κ3) is 2.08. The Hall–Kier alpha value is -0.860. The maximum Gasteiger partial charge on any atom is 0.233 e. The van der Waals surface area contributed by atoms with E-state index in [2.05, 4.69) is 0 Å². The molecule has 1 saturated heterocycles. The van der Waals surface area contributed by atoms with Gasteiger partial charge >= 0.3 is 0 Å². The molecule has 1 aliphatic rings. The van der Waals surface area contributed by atoms with Crippen LogP contribution in [0.1, 0.15) is 33.6 Å². The molecule has 1 fully saturated rings. The Morgan fingerprint density at radius 2 is 2.15 bits per heavy atom. The van der Waals surface area contributed by atoms with Crippen LogP contribution in [0.3, 0.4) is 0 Å². The number of amides is 1. The highest BCUT2D eigenvalue weighted by Gasteiger charge is 2.32. The van der Waals surface area contributed by atoms with Crippen LogP contribution in [0.4, 0.5) is 0 Å². The second kappa shape index (κ2) is 3.90. The molecule has 1 heterocycles. The molecule has 0 saturated carbocycles. The predicted molar refractivity (Wildman–Crippen MR) is 50.3 cm³/mol. The molecule has 1 aliphatic heterocycles. The van der Waals surface area contributed by atoms with Crippen LogP contribution in [0.5, 0.6) is 0 Å². The maximum atomic E-state index is 11.7. The summed E-state index contributed by atoms with van der Waals surface area (Å²) in [4.78, 5) is 24.6. The van der Waals surface area contributed by atoms with Crippen molar-refractivity contribution < 1.29 is 9.59 Å². The van der Waals surface area contributed by atoms with Crippen LogP contribution in [0.15, 0.2) is 0 Å². The molecule has 0 bridgehead atoms. The highest BCUT2D eigenvalue weighted by molar-refractivity contribution is 6.00. The zero-order chi connectivity index (χ0) is 10.0. The van der Waals surface area contributed by atoms with Crippen LogP contribution < -0.4 is 0 Å². The molecule has 0 N–H and O–H groups in total. The summed E-state index contributed by atoms with van der Waals surface area (Å²) in [6.45, 7) is 6.29. The monoisotopic (exact) mass is 183 g/mol. The molecule has 74 valence electrons. The van der Waals surface area contributed by atoms with Gasteiger partial charge in [0.2, 0.25) is 5.91 Å². The van der Waals surface area contributed by atoms with Crippen molar-refractivity contribution in [1.29, 1.82) is 0 Å². The highest BCUT2D eigenvalue weighted by atomic mass is 16.2. The second-order valence-corrected chi connectivity index (χ2v) is 3.93. The molecule has 13 heavy (non-hydrogen) atoms. The Morgan fingerprint density at radius 1 is 1.54 bits per heavy atom. The minimum atomic E-state index is -0.365. The smallest absolute Gasteiger partial charge is 0.233 e. The molecule has 0 radical (unpaired) electrons. The Morgan fingerprint density at radius 3 is 2.62 bits per heavy atom. The minimum absolute atomic E-state index is 0.00958. The van der Waals surface area contributed by atoms with Crippen LogP contribution in [0.25, 0.3) is 0 Å². The van der Waals surface area contributed by atoms with Gasteiger partial charge in [-0.3, -0.25) is 9.59 Å². The van der Waals surface area contributed by atoms with Gasteiger partial charge in [-0.2, -0.15) is 0 Å². The van der Waals surface area contributed by atoms with E-state index in [0.717, 1.165) is 19.4 Å². The van der Waals surface area contributed by atoms with Crippen molar-refractivity contribution in [3.63, 3.8) is 0 Å². The summed E-state index contributed by atoms with van der Waals surface area (Å²) in [6.07, 6.45) is 1.69. The number of rotatable bonds is 2. The first-order valence-electron chi connectivity index (χ1n) is 4.85. The fourth-order valence-corrected chi connectivity index (χ4v) is 1.79. The van der Waals surface area contributed by atoms with Crippen molar-refractivity contribution in [2.24, 2.45) is 5.92 Å². The summed E-state index contributed by atoms with van der Waals surface area (Å²) >= 11 is 0. The minimum Gasteiger partial charge on any atom is -0.340 e. The topological polar surface area (TPSA) is 37.4 Å². The van der Waals surface area contributed by atoms with Gasteiger partial charge in [0.1, 0.15) is 5.78 Å². The number of nitrogens with zero attached hydrogens (tertiary/aromatic N) is 1. The number of carbonyl (C=O) groups excluding carboxylic acids is 2. The first-order valence-corrected chi connectivity index (χ1v) is 4.85. The molecule has 3 heteroatoms. The van der Waals surface area contributed by atoms with Gasteiger partial charge in [-0.15, -0.1) is 0 Å². The lowest BCUT2D eigenvalue weighted by Gasteiger charge is -2.34. The van der Waals surface area contributed by atoms with E-state index in [1.54, 1.807) is 4.90 Å². The summed E-state index contributed by atoms with van der Waals surface area (Å²) in [5.74, 6) is -0.333. The molecule has 1 amide bonds. The van der Waals surface area contributed by atoms with E-state index in [4.69, 9.17) is 0 Å². The van der Waals surface area contributed by atoms with Gasteiger partial charge in [0.05, 0.1) is 5.92 Å². The van der Waals surface area contributed by atoms with Gasteiger partial charge in [-0.05, 0) is 33.6 Å². The van der Waals surface area contributed by atoms with E-state index < -0.39 is 0 Å². The normalized spacial score (nSPS) is 23.8. The van der Waals surface area contributed by atoms with E-state index in [1.165, 1.54) is 6.92 Å². The second-order valence-electron chi connectivity index (χ2n) is 3.93. The zero-order valence-electron chi connectivity index (χ0n) is 8.54. The average Bonchev–Trinajstić information content (AvgIpc) is 2.03. The van der Waals surface area contributed by atoms with Crippen molar-refractivity contribution in [3.8, 4) is 0 Å². The van der Waals surface area contributed by atoms with Crippen LogP contribution in [0, 0.1) is 5.92 Å². The Kier molecular flexibility index (Phi) is 3.07. The summed E-state index contributed by atoms with van der Waals surface area (Å²) in [7, 11) is 0. The number of hydrogen-bond acceptors (Lipinski definition) is 2. The van der Waals surface area contributed by atoms with Crippen molar-refractivity contribution in [2.45, 2.75) is 39.7 Å². The SMILES string of the molecule is CC(=O)C1CCCN(C(C)C)C1=O. The summed E-state index contributed by atoms with van der Waals surface area (Å²) in [5, 5.41) is 0. The van der Waals surface area contributed by atoms with Gasteiger partial charge in [-0.25, -0.2) is 0 Å². The predicted octanol–water partition coefficient (Wildman–Crippen LogP) is 1.22. The van der Waals surface area contributed by atoms with Gasteiger partial charge in [0.25, 0.3) is 0 Å². The third-order valence-corrected chi connectivity index (χ3v) is 2.59. The lowest BCUT2D eigenvalue weighted by atomic mass is 9.93. The van der Waals surface area contributed by atoms with E-state index in [9.17, 15) is 9.59 Å². The summed E-state index contributed by atoms with van der Waals surface area (Å²) in [6, 6.07) is 0.217. The number of carbonyl (C=O) groups is 2. The molecule has 1 unspecified atom stereocenters. The van der Waals surface area contributed by atoms with Gasteiger partial charge < -0.3 is 4.90 Å².